The third-order valence-electron chi connectivity index (χ3n) is 7.00. The van der Waals surface area contributed by atoms with E-state index in [-0.39, 0.29) is 15.6 Å². The summed E-state index contributed by atoms with van der Waals surface area (Å²) >= 11 is 3.41. The number of hydrogen-bond donors (Lipinski definition) is 1. The molecule has 1 aliphatic rings. The smallest absolute Gasteiger partial charge is 0.292 e. The van der Waals surface area contributed by atoms with Gasteiger partial charge in [0.1, 0.15) is 5.69 Å². The van der Waals surface area contributed by atoms with Gasteiger partial charge in [0.05, 0.1) is 4.92 Å². The quantitative estimate of drug-likeness (QED) is 0.180. The summed E-state index contributed by atoms with van der Waals surface area (Å²) in [6.07, 6.45) is 2.12. The van der Waals surface area contributed by atoms with E-state index in [1.54, 1.807) is 12.1 Å². The Kier molecular flexibility index (Phi) is 7.79. The SMILES string of the molecule is CC(C)(C)[Si](OCC[C@H]1C[C@@H]1CNc1cc(Br)ccc1[N+](=O)[O-])(c1ccccc1)c1ccccc1. The number of nitrogens with one attached hydrogen (secondary N) is 1. The molecule has 3 aromatic carbocycles. The lowest BCUT2D eigenvalue weighted by Gasteiger charge is -2.43. The molecule has 7 heteroatoms. The second-order valence-electron chi connectivity index (χ2n) is 10.4. The minimum absolute atomic E-state index is 0.0279. The summed E-state index contributed by atoms with van der Waals surface area (Å²) in [4.78, 5) is 11.0. The van der Waals surface area contributed by atoms with E-state index in [9.17, 15) is 10.1 Å². The topological polar surface area (TPSA) is 64.4 Å². The van der Waals surface area contributed by atoms with Gasteiger partial charge >= 0.3 is 0 Å². The number of rotatable bonds is 10. The maximum absolute atomic E-state index is 11.3. The highest BCUT2D eigenvalue weighted by Gasteiger charge is 2.50. The summed E-state index contributed by atoms with van der Waals surface area (Å²) in [5.74, 6) is 1.09. The average Bonchev–Trinajstić information content (AvgIpc) is 3.59. The Bertz CT molecular complexity index is 1110. The van der Waals surface area contributed by atoms with Crippen LogP contribution in [0.15, 0.2) is 83.3 Å². The Morgan fingerprint density at radius 3 is 2.14 bits per heavy atom. The lowest BCUT2D eigenvalue weighted by Crippen LogP contribution is -2.66. The van der Waals surface area contributed by atoms with Gasteiger partial charge in [-0.1, -0.05) is 97.4 Å². The van der Waals surface area contributed by atoms with Crippen molar-refractivity contribution in [1.29, 1.82) is 0 Å². The van der Waals surface area contributed by atoms with E-state index in [1.807, 2.05) is 0 Å². The fourth-order valence-electron chi connectivity index (χ4n) is 5.09. The van der Waals surface area contributed by atoms with Gasteiger partial charge in [-0.25, -0.2) is 0 Å². The molecule has 0 heterocycles. The highest BCUT2D eigenvalue weighted by molar-refractivity contribution is 9.10. The lowest BCUT2D eigenvalue weighted by atomic mass is 10.2. The van der Waals surface area contributed by atoms with Crippen molar-refractivity contribution in [1.82, 2.24) is 0 Å². The van der Waals surface area contributed by atoms with Gasteiger partial charge in [0.2, 0.25) is 0 Å². The molecule has 1 fully saturated rings. The van der Waals surface area contributed by atoms with Crippen LogP contribution in [0.5, 0.6) is 0 Å². The van der Waals surface area contributed by atoms with Crippen LogP contribution in [0.3, 0.4) is 0 Å². The first-order valence-electron chi connectivity index (χ1n) is 12.1. The van der Waals surface area contributed by atoms with Gasteiger partial charge in [0.25, 0.3) is 14.0 Å². The number of anilines is 1. The summed E-state index contributed by atoms with van der Waals surface area (Å²) in [5, 5.41) is 17.2. The zero-order valence-electron chi connectivity index (χ0n) is 20.5. The van der Waals surface area contributed by atoms with Gasteiger partial charge in [-0.3, -0.25) is 10.1 Å². The van der Waals surface area contributed by atoms with Crippen molar-refractivity contribution in [2.45, 2.75) is 38.7 Å². The molecule has 0 radical (unpaired) electrons. The first kappa shape index (κ1) is 25.6. The van der Waals surface area contributed by atoms with E-state index in [4.69, 9.17) is 4.43 Å². The molecule has 0 spiro atoms. The predicted octanol–water partition coefficient (Wildman–Crippen LogP) is 6.37. The van der Waals surface area contributed by atoms with E-state index in [1.165, 1.54) is 16.4 Å². The molecule has 5 nitrogen and oxygen atoms in total. The van der Waals surface area contributed by atoms with Crippen LogP contribution >= 0.6 is 15.9 Å². The number of nitro benzene ring substituents is 1. The van der Waals surface area contributed by atoms with Crippen LogP contribution in [-0.4, -0.2) is 26.4 Å². The van der Waals surface area contributed by atoms with E-state index in [2.05, 4.69) is 103 Å². The molecule has 0 unspecified atom stereocenters. The molecule has 0 bridgehead atoms. The summed E-state index contributed by atoms with van der Waals surface area (Å²) < 4.78 is 7.85. The fourth-order valence-corrected chi connectivity index (χ4v) is 10.0. The maximum atomic E-state index is 11.3. The van der Waals surface area contributed by atoms with Crippen LogP contribution in [-0.2, 0) is 4.43 Å². The fraction of sp³-hybridized carbons (Fsp3) is 0.357. The molecule has 0 aliphatic heterocycles. The average molecular weight is 554 g/mol. The van der Waals surface area contributed by atoms with Crippen LogP contribution in [0.25, 0.3) is 0 Å². The highest BCUT2D eigenvalue weighted by atomic mass is 79.9. The summed E-state index contributed by atoms with van der Waals surface area (Å²) in [5.41, 5.74) is 0.680. The van der Waals surface area contributed by atoms with Crippen LogP contribution in [0.2, 0.25) is 5.04 Å². The molecule has 0 aromatic heterocycles. The lowest BCUT2D eigenvalue weighted by molar-refractivity contribution is -0.384. The minimum Gasteiger partial charge on any atom is -0.407 e. The number of nitro groups is 1. The molecule has 1 N–H and O–H groups in total. The predicted molar refractivity (Wildman–Crippen MR) is 149 cm³/mol. The molecular formula is C28H33BrN2O3Si. The van der Waals surface area contributed by atoms with Crippen molar-refractivity contribution >= 4 is 46.0 Å². The molecule has 2 atom stereocenters. The van der Waals surface area contributed by atoms with Crippen LogP contribution < -0.4 is 15.7 Å². The molecule has 35 heavy (non-hydrogen) atoms. The third kappa shape index (κ3) is 5.68. The Labute approximate surface area is 217 Å². The van der Waals surface area contributed by atoms with Crippen LogP contribution in [0.4, 0.5) is 11.4 Å². The Balaban J connectivity index is 1.43. The zero-order chi connectivity index (χ0) is 25.1. The van der Waals surface area contributed by atoms with Gasteiger partial charge in [-0.05, 0) is 52.2 Å². The van der Waals surface area contributed by atoms with Crippen molar-refractivity contribution in [2.24, 2.45) is 11.8 Å². The van der Waals surface area contributed by atoms with Crippen molar-refractivity contribution in [3.63, 3.8) is 0 Å². The van der Waals surface area contributed by atoms with Crippen LogP contribution in [0, 0.1) is 22.0 Å². The summed E-state index contributed by atoms with van der Waals surface area (Å²) in [7, 11) is -2.50. The van der Waals surface area contributed by atoms with E-state index >= 15 is 0 Å². The molecular weight excluding hydrogens is 520 g/mol. The second-order valence-corrected chi connectivity index (χ2v) is 15.6. The standard InChI is InChI=1S/C28H33BrN2O3Si/c1-28(2,3)35(24-10-6-4-7-11-24,25-12-8-5-9-13-25)34-17-16-21-18-22(21)20-30-26-19-23(29)14-15-27(26)31(32)33/h4-15,19,21-22,30H,16-18,20H2,1-3H3/t21-,22+/m0/s1. The normalized spacial score (nSPS) is 17.7. The van der Waals surface area contributed by atoms with Gasteiger partial charge in [-0.15, -0.1) is 0 Å². The van der Waals surface area contributed by atoms with E-state index in [0.717, 1.165) is 23.9 Å². The van der Waals surface area contributed by atoms with Gasteiger partial charge in [0.15, 0.2) is 0 Å². The maximum Gasteiger partial charge on any atom is 0.292 e. The van der Waals surface area contributed by atoms with Gasteiger partial charge < -0.3 is 9.74 Å². The number of benzene rings is 3. The van der Waals surface area contributed by atoms with Crippen molar-refractivity contribution < 1.29 is 9.35 Å². The minimum atomic E-state index is -2.50. The Morgan fingerprint density at radius 2 is 1.60 bits per heavy atom. The first-order chi connectivity index (χ1) is 16.7. The molecule has 4 rings (SSSR count). The van der Waals surface area contributed by atoms with Gasteiger partial charge in [-0.2, -0.15) is 0 Å². The first-order valence-corrected chi connectivity index (χ1v) is 14.9. The van der Waals surface area contributed by atoms with Crippen molar-refractivity contribution in [2.75, 3.05) is 18.5 Å². The molecule has 0 saturated heterocycles. The number of halogens is 1. The van der Waals surface area contributed by atoms with Crippen molar-refractivity contribution in [3.8, 4) is 0 Å². The molecule has 1 saturated carbocycles. The zero-order valence-corrected chi connectivity index (χ0v) is 23.1. The molecule has 1 aliphatic carbocycles. The van der Waals surface area contributed by atoms with E-state index in [0.29, 0.717) is 24.1 Å². The monoisotopic (exact) mass is 552 g/mol. The highest BCUT2D eigenvalue weighted by Crippen LogP contribution is 2.43. The van der Waals surface area contributed by atoms with E-state index < -0.39 is 8.32 Å². The van der Waals surface area contributed by atoms with Crippen LogP contribution in [0.1, 0.15) is 33.6 Å². The molecule has 3 aromatic rings. The number of hydrogen-bond acceptors (Lipinski definition) is 4. The summed E-state index contributed by atoms with van der Waals surface area (Å²) in [6, 6.07) is 26.5. The molecule has 184 valence electrons. The molecule has 0 amide bonds. The van der Waals surface area contributed by atoms with Gasteiger partial charge in [0, 0.05) is 23.7 Å². The second kappa shape index (κ2) is 10.6. The largest absolute Gasteiger partial charge is 0.407 e. The Hall–Kier alpha value is -2.48. The summed E-state index contributed by atoms with van der Waals surface area (Å²) in [6.45, 7) is 8.35. The van der Waals surface area contributed by atoms with Crippen molar-refractivity contribution in [3.05, 3.63) is 93.4 Å². The number of nitrogens with zero attached hydrogens (tertiary/aromatic N) is 1. The third-order valence-corrected chi connectivity index (χ3v) is 12.5. The Morgan fingerprint density at radius 1 is 1.00 bits per heavy atom.